The number of fused-ring (bicyclic) bond motifs is 1. The summed E-state index contributed by atoms with van der Waals surface area (Å²) in [5.74, 6) is 1.16. The fourth-order valence-electron chi connectivity index (χ4n) is 2.23. The fourth-order valence-corrected chi connectivity index (χ4v) is 3.52. The first kappa shape index (κ1) is 16.1. The third-order valence-electron chi connectivity index (χ3n) is 3.33. The molecule has 1 aliphatic heterocycles. The highest BCUT2D eigenvalue weighted by atomic mass is 35.5. The van der Waals surface area contributed by atoms with Crippen LogP contribution >= 0.6 is 23.4 Å². The summed E-state index contributed by atoms with van der Waals surface area (Å²) in [5.41, 5.74) is 1.34. The van der Waals surface area contributed by atoms with E-state index in [0.29, 0.717) is 6.04 Å². The summed E-state index contributed by atoms with van der Waals surface area (Å²) in [4.78, 5) is 3.48. The third-order valence-corrected chi connectivity index (χ3v) is 4.69. The predicted molar refractivity (Wildman–Crippen MR) is 86.9 cm³/mol. The van der Waals surface area contributed by atoms with Crippen LogP contribution in [0.1, 0.15) is 18.0 Å². The molecule has 2 rings (SSSR count). The second kappa shape index (κ2) is 8.25. The van der Waals surface area contributed by atoms with Crippen molar-refractivity contribution in [2.24, 2.45) is 0 Å². The molecule has 1 heterocycles. The summed E-state index contributed by atoms with van der Waals surface area (Å²) < 4.78 is 5.61. The monoisotopic (exact) mass is 314 g/mol. The number of likely N-dealkylation sites (N-methyl/N-ethyl adjacent to an activating group) is 1. The van der Waals surface area contributed by atoms with Gasteiger partial charge in [-0.25, -0.2) is 0 Å². The maximum Gasteiger partial charge on any atom is 0.0593 e. The van der Waals surface area contributed by atoms with Crippen molar-refractivity contribution < 1.29 is 4.74 Å². The first-order chi connectivity index (χ1) is 9.66. The zero-order valence-electron chi connectivity index (χ0n) is 12.2. The first-order valence-electron chi connectivity index (χ1n) is 7.05. The Morgan fingerprint density at radius 3 is 3.05 bits per heavy atom. The van der Waals surface area contributed by atoms with E-state index in [9.17, 15) is 0 Å². The zero-order valence-corrected chi connectivity index (χ0v) is 13.8. The van der Waals surface area contributed by atoms with E-state index >= 15 is 0 Å². The van der Waals surface area contributed by atoms with E-state index in [2.05, 4.69) is 36.4 Å². The van der Waals surface area contributed by atoms with Crippen LogP contribution in [0.5, 0.6) is 0 Å². The molecule has 1 unspecified atom stereocenters. The van der Waals surface area contributed by atoms with Gasteiger partial charge in [0, 0.05) is 29.0 Å². The Morgan fingerprint density at radius 1 is 1.40 bits per heavy atom. The lowest BCUT2D eigenvalue weighted by Gasteiger charge is -2.26. The third kappa shape index (κ3) is 4.93. The largest absolute Gasteiger partial charge is 0.379 e. The van der Waals surface area contributed by atoms with Crippen LogP contribution in [-0.2, 0) is 4.74 Å². The predicted octanol–water partition coefficient (Wildman–Crippen LogP) is 3.04. The molecule has 0 bridgehead atoms. The molecule has 1 aliphatic rings. The molecule has 0 saturated heterocycles. The summed E-state index contributed by atoms with van der Waals surface area (Å²) in [7, 11) is 4.12. The van der Waals surface area contributed by atoms with Gasteiger partial charge in [-0.1, -0.05) is 11.6 Å². The number of thioether (sulfide) groups is 1. The molecule has 1 aromatic rings. The van der Waals surface area contributed by atoms with Crippen LogP contribution in [0, 0.1) is 0 Å². The lowest BCUT2D eigenvalue weighted by atomic mass is 10.0. The molecule has 0 amide bonds. The van der Waals surface area contributed by atoms with E-state index in [1.165, 1.54) is 10.5 Å². The number of rotatable bonds is 7. The maximum absolute atomic E-state index is 6.11. The van der Waals surface area contributed by atoms with E-state index in [4.69, 9.17) is 16.3 Å². The lowest BCUT2D eigenvalue weighted by Crippen LogP contribution is -2.28. The summed E-state index contributed by atoms with van der Waals surface area (Å²) in [6.07, 6.45) is 1.15. The molecule has 1 aromatic carbocycles. The van der Waals surface area contributed by atoms with Crippen molar-refractivity contribution in [2.75, 3.05) is 46.2 Å². The minimum atomic E-state index is 0.405. The molecular weight excluding hydrogens is 292 g/mol. The standard InChI is InChI=1S/C15H23ClN2OS/c1-18(2)7-9-19-8-6-17-14-5-10-20-15-4-3-12(16)11-13(14)15/h3-4,11,14,17H,5-10H2,1-2H3. The van der Waals surface area contributed by atoms with E-state index in [0.717, 1.165) is 43.5 Å². The van der Waals surface area contributed by atoms with Gasteiger partial charge in [-0.3, -0.25) is 0 Å². The first-order valence-corrected chi connectivity index (χ1v) is 8.41. The highest BCUT2D eigenvalue weighted by Crippen LogP contribution is 2.37. The molecular formula is C15H23ClN2OS. The van der Waals surface area contributed by atoms with Crippen molar-refractivity contribution in [1.82, 2.24) is 10.2 Å². The average Bonchev–Trinajstić information content (AvgIpc) is 2.42. The smallest absolute Gasteiger partial charge is 0.0593 e. The van der Waals surface area contributed by atoms with Gasteiger partial charge in [0.25, 0.3) is 0 Å². The Hall–Kier alpha value is -0.260. The van der Waals surface area contributed by atoms with E-state index in [1.54, 1.807) is 0 Å². The van der Waals surface area contributed by atoms with Crippen LogP contribution in [0.2, 0.25) is 5.02 Å². The second-order valence-electron chi connectivity index (χ2n) is 5.24. The highest BCUT2D eigenvalue weighted by molar-refractivity contribution is 7.99. The Labute approximate surface area is 131 Å². The molecule has 0 aromatic heterocycles. The molecule has 20 heavy (non-hydrogen) atoms. The van der Waals surface area contributed by atoms with Crippen LogP contribution in [-0.4, -0.2) is 51.1 Å². The SMILES string of the molecule is CN(C)CCOCCNC1CCSc2ccc(Cl)cc21. The molecule has 112 valence electrons. The van der Waals surface area contributed by atoms with Crippen molar-refractivity contribution in [3.8, 4) is 0 Å². The molecule has 1 N–H and O–H groups in total. The summed E-state index contributed by atoms with van der Waals surface area (Å²) in [6.45, 7) is 3.40. The Morgan fingerprint density at radius 2 is 2.25 bits per heavy atom. The Balaban J connectivity index is 1.76. The average molecular weight is 315 g/mol. The molecule has 0 fully saturated rings. The topological polar surface area (TPSA) is 24.5 Å². The van der Waals surface area contributed by atoms with Gasteiger partial charge < -0.3 is 15.0 Å². The number of nitrogens with zero attached hydrogens (tertiary/aromatic N) is 1. The molecule has 0 aliphatic carbocycles. The number of benzene rings is 1. The number of hydrogen-bond acceptors (Lipinski definition) is 4. The van der Waals surface area contributed by atoms with Gasteiger partial charge in [-0.2, -0.15) is 0 Å². The lowest BCUT2D eigenvalue weighted by molar-refractivity contribution is 0.117. The normalized spacial score (nSPS) is 18.3. The van der Waals surface area contributed by atoms with E-state index in [-0.39, 0.29) is 0 Å². The number of hydrogen-bond donors (Lipinski definition) is 1. The van der Waals surface area contributed by atoms with E-state index in [1.807, 2.05) is 17.8 Å². The van der Waals surface area contributed by atoms with Crippen LogP contribution in [0.15, 0.2) is 23.1 Å². The van der Waals surface area contributed by atoms with Crippen molar-refractivity contribution in [1.29, 1.82) is 0 Å². The number of halogens is 1. The van der Waals surface area contributed by atoms with E-state index < -0.39 is 0 Å². The van der Waals surface area contributed by atoms with Gasteiger partial charge in [0.1, 0.15) is 0 Å². The van der Waals surface area contributed by atoms with Crippen molar-refractivity contribution in [3.63, 3.8) is 0 Å². The van der Waals surface area contributed by atoms with Crippen molar-refractivity contribution in [2.45, 2.75) is 17.4 Å². The molecule has 3 nitrogen and oxygen atoms in total. The minimum absolute atomic E-state index is 0.405. The van der Waals surface area contributed by atoms with Gasteiger partial charge in [0.2, 0.25) is 0 Å². The van der Waals surface area contributed by atoms with Gasteiger partial charge in [-0.15, -0.1) is 11.8 Å². The maximum atomic E-state index is 6.11. The summed E-state index contributed by atoms with van der Waals surface area (Å²) in [5, 5.41) is 4.40. The van der Waals surface area contributed by atoms with Gasteiger partial charge in [0.05, 0.1) is 13.2 Å². The number of nitrogens with one attached hydrogen (secondary N) is 1. The van der Waals surface area contributed by atoms with Gasteiger partial charge >= 0.3 is 0 Å². The quantitative estimate of drug-likeness (QED) is 0.782. The van der Waals surface area contributed by atoms with Crippen LogP contribution in [0.25, 0.3) is 0 Å². The van der Waals surface area contributed by atoms with Crippen LogP contribution in [0.3, 0.4) is 0 Å². The van der Waals surface area contributed by atoms with Crippen LogP contribution in [0.4, 0.5) is 0 Å². The molecule has 0 saturated carbocycles. The molecule has 0 spiro atoms. The minimum Gasteiger partial charge on any atom is -0.379 e. The Bertz CT molecular complexity index is 428. The zero-order chi connectivity index (χ0) is 14.4. The second-order valence-corrected chi connectivity index (χ2v) is 6.81. The van der Waals surface area contributed by atoms with Gasteiger partial charge in [-0.05, 0) is 50.0 Å². The fraction of sp³-hybridized carbons (Fsp3) is 0.600. The molecule has 1 atom stereocenters. The Kier molecular flexibility index (Phi) is 6.65. The summed E-state index contributed by atoms with van der Waals surface area (Å²) >= 11 is 8.02. The van der Waals surface area contributed by atoms with Gasteiger partial charge in [0.15, 0.2) is 0 Å². The molecule has 5 heteroatoms. The molecule has 0 radical (unpaired) electrons. The summed E-state index contributed by atoms with van der Waals surface area (Å²) in [6, 6.07) is 6.60. The number of ether oxygens (including phenoxy) is 1. The van der Waals surface area contributed by atoms with Crippen LogP contribution < -0.4 is 5.32 Å². The van der Waals surface area contributed by atoms with Crippen molar-refractivity contribution >= 4 is 23.4 Å². The highest BCUT2D eigenvalue weighted by Gasteiger charge is 2.20. The van der Waals surface area contributed by atoms with Crippen molar-refractivity contribution in [3.05, 3.63) is 28.8 Å².